The highest BCUT2D eigenvalue weighted by Crippen LogP contribution is 2.44. The minimum Gasteiger partial charge on any atom is -0.479 e. The van der Waals surface area contributed by atoms with Crippen molar-refractivity contribution in [3.05, 3.63) is 72.1 Å². The van der Waals surface area contributed by atoms with Crippen LogP contribution in [0.5, 0.6) is 0 Å². The molecule has 3 aromatic rings. The van der Waals surface area contributed by atoms with Gasteiger partial charge in [0.15, 0.2) is 6.61 Å². The monoisotopic (exact) mass is 464 g/mol. The number of carbonyl (C=O) groups is 3. The molecule has 0 aliphatic heterocycles. The van der Waals surface area contributed by atoms with Gasteiger partial charge in [-0.05, 0) is 36.1 Å². The second-order valence-electron chi connectivity index (χ2n) is 8.30. The first-order chi connectivity index (χ1) is 16.3. The summed E-state index contributed by atoms with van der Waals surface area (Å²) >= 11 is 0. The lowest BCUT2D eigenvalue weighted by Gasteiger charge is -2.23. The Morgan fingerprint density at radius 3 is 2.29 bits per heavy atom. The van der Waals surface area contributed by atoms with Crippen molar-refractivity contribution in [2.24, 2.45) is 0 Å². The van der Waals surface area contributed by atoms with Crippen LogP contribution in [0.2, 0.25) is 0 Å². The van der Waals surface area contributed by atoms with Gasteiger partial charge in [-0.3, -0.25) is 19.6 Å². The second kappa shape index (κ2) is 9.36. The number of benzene rings is 2. The van der Waals surface area contributed by atoms with Crippen molar-refractivity contribution < 1.29 is 29.1 Å². The van der Waals surface area contributed by atoms with E-state index in [1.165, 1.54) is 17.1 Å². The molecule has 0 bridgehead atoms. The van der Waals surface area contributed by atoms with Crippen LogP contribution in [0.1, 0.15) is 30.9 Å². The number of carbonyl (C=O) groups excluding carboxylic acids is 2. The molecule has 1 aliphatic rings. The highest BCUT2D eigenvalue weighted by atomic mass is 16.7. The third-order valence-electron chi connectivity index (χ3n) is 5.66. The molecule has 0 spiro atoms. The third kappa shape index (κ3) is 4.62. The van der Waals surface area contributed by atoms with Crippen LogP contribution in [0.25, 0.3) is 11.1 Å². The lowest BCUT2D eigenvalue weighted by Crippen LogP contribution is -2.45. The van der Waals surface area contributed by atoms with E-state index in [2.05, 4.69) is 32.9 Å². The van der Waals surface area contributed by atoms with Gasteiger partial charge < -0.3 is 9.84 Å². The molecular weight excluding hydrogens is 440 g/mol. The summed E-state index contributed by atoms with van der Waals surface area (Å²) < 4.78 is 6.84. The molecule has 0 radical (unpaired) electrons. The van der Waals surface area contributed by atoms with Gasteiger partial charge in [-0.1, -0.05) is 48.5 Å². The molecule has 0 saturated heterocycles. The first-order valence-electron chi connectivity index (χ1n) is 10.6. The molecule has 176 valence electrons. The molecule has 0 fully saturated rings. The summed E-state index contributed by atoms with van der Waals surface area (Å²) in [6.45, 7) is 2.63. The average molecular weight is 464 g/mol. The Morgan fingerprint density at radius 2 is 1.68 bits per heavy atom. The summed E-state index contributed by atoms with van der Waals surface area (Å²) in [6, 6.07) is 16.1. The van der Waals surface area contributed by atoms with Crippen molar-refractivity contribution in [1.29, 1.82) is 0 Å². The number of rotatable bonds is 8. The molecule has 0 saturated carbocycles. The fourth-order valence-electron chi connectivity index (χ4n) is 3.84. The van der Waals surface area contributed by atoms with Crippen LogP contribution in [0.3, 0.4) is 0 Å². The summed E-state index contributed by atoms with van der Waals surface area (Å²) in [5, 5.41) is 15.3. The predicted octanol–water partition coefficient (Wildman–Crippen LogP) is 3.11. The largest absolute Gasteiger partial charge is 0.479 e. The van der Waals surface area contributed by atoms with Gasteiger partial charge in [-0.15, -0.1) is 0 Å². The van der Waals surface area contributed by atoms with E-state index < -0.39 is 30.1 Å². The minimum absolute atomic E-state index is 0.0608. The van der Waals surface area contributed by atoms with Crippen molar-refractivity contribution in [2.75, 3.05) is 18.5 Å². The maximum Gasteiger partial charge on any atom is 0.411 e. The fourth-order valence-corrected chi connectivity index (χ4v) is 3.84. The molecule has 4 rings (SSSR count). The van der Waals surface area contributed by atoms with Gasteiger partial charge in [-0.25, -0.2) is 15.1 Å². The van der Waals surface area contributed by atoms with E-state index in [-0.39, 0.29) is 12.5 Å². The Kier molecular flexibility index (Phi) is 6.33. The lowest BCUT2D eigenvalue weighted by molar-refractivity contribution is -0.152. The molecule has 10 nitrogen and oxygen atoms in total. The molecule has 0 atom stereocenters. The number of hydrogen-bond donors (Lipinski definition) is 3. The fraction of sp³-hybridized carbons (Fsp3) is 0.250. The number of hydroxylamine groups is 1. The molecule has 1 heterocycles. The molecule has 3 N–H and O–H groups in total. The summed E-state index contributed by atoms with van der Waals surface area (Å²) in [5.74, 6) is -1.88. The molecular formula is C24H24N4O6. The van der Waals surface area contributed by atoms with Crippen LogP contribution >= 0.6 is 0 Å². The van der Waals surface area contributed by atoms with Crippen molar-refractivity contribution >= 4 is 23.7 Å². The van der Waals surface area contributed by atoms with E-state index in [0.717, 1.165) is 22.3 Å². The average Bonchev–Trinajstić information content (AvgIpc) is 3.40. The number of nitrogens with one attached hydrogen (secondary N) is 2. The SMILES string of the molecule is CC(C)(C(=O)NOCC(=O)O)n1cc(NC(=O)OCC2c3ccccc3-c3ccccc32)cn1. The summed E-state index contributed by atoms with van der Waals surface area (Å²) in [5.41, 5.74) is 5.71. The van der Waals surface area contributed by atoms with Gasteiger partial charge in [0.25, 0.3) is 5.91 Å². The third-order valence-corrected chi connectivity index (χ3v) is 5.66. The van der Waals surface area contributed by atoms with Crippen LogP contribution in [0.4, 0.5) is 10.5 Å². The number of aliphatic carboxylic acids is 1. The Hall–Kier alpha value is -4.18. The number of nitrogens with zero attached hydrogens (tertiary/aromatic N) is 2. The topological polar surface area (TPSA) is 132 Å². The van der Waals surface area contributed by atoms with Crippen LogP contribution in [-0.4, -0.2) is 46.1 Å². The van der Waals surface area contributed by atoms with E-state index in [4.69, 9.17) is 9.84 Å². The van der Waals surface area contributed by atoms with Gasteiger partial charge in [0, 0.05) is 12.1 Å². The lowest BCUT2D eigenvalue weighted by atomic mass is 9.98. The summed E-state index contributed by atoms with van der Waals surface area (Å²) in [4.78, 5) is 39.9. The number of fused-ring (bicyclic) bond motifs is 3. The quantitative estimate of drug-likeness (QED) is 0.437. The highest BCUT2D eigenvalue weighted by Gasteiger charge is 2.32. The minimum atomic E-state index is -1.22. The molecule has 10 heteroatoms. The smallest absolute Gasteiger partial charge is 0.411 e. The zero-order valence-electron chi connectivity index (χ0n) is 18.6. The van der Waals surface area contributed by atoms with Crippen molar-refractivity contribution in [3.63, 3.8) is 0 Å². The van der Waals surface area contributed by atoms with Crippen LogP contribution in [-0.2, 0) is 24.7 Å². The highest BCUT2D eigenvalue weighted by molar-refractivity contribution is 5.85. The van der Waals surface area contributed by atoms with E-state index in [1.54, 1.807) is 13.8 Å². The van der Waals surface area contributed by atoms with Gasteiger partial charge in [-0.2, -0.15) is 5.10 Å². The first kappa shape index (κ1) is 23.0. The van der Waals surface area contributed by atoms with Crippen LogP contribution in [0, 0.1) is 0 Å². The van der Waals surface area contributed by atoms with E-state index in [1.807, 2.05) is 36.4 Å². The molecule has 34 heavy (non-hydrogen) atoms. The normalized spacial score (nSPS) is 12.5. The Labute approximate surface area is 195 Å². The number of carboxylic acid groups (broad SMARTS) is 1. The Morgan fingerprint density at radius 1 is 1.06 bits per heavy atom. The van der Waals surface area contributed by atoms with E-state index in [9.17, 15) is 14.4 Å². The predicted molar refractivity (Wildman–Crippen MR) is 122 cm³/mol. The number of hydrogen-bond acceptors (Lipinski definition) is 6. The second-order valence-corrected chi connectivity index (χ2v) is 8.30. The first-order valence-corrected chi connectivity index (χ1v) is 10.6. The molecule has 1 aromatic heterocycles. The van der Waals surface area contributed by atoms with Crippen molar-refractivity contribution in [3.8, 4) is 11.1 Å². The van der Waals surface area contributed by atoms with E-state index >= 15 is 0 Å². The Bertz CT molecular complexity index is 1190. The molecule has 2 amide bonds. The maximum atomic E-state index is 12.5. The summed E-state index contributed by atoms with van der Waals surface area (Å²) in [7, 11) is 0. The number of amides is 2. The van der Waals surface area contributed by atoms with Gasteiger partial charge in [0.2, 0.25) is 0 Å². The van der Waals surface area contributed by atoms with Gasteiger partial charge >= 0.3 is 12.1 Å². The number of aromatic nitrogens is 2. The van der Waals surface area contributed by atoms with Gasteiger partial charge in [0.1, 0.15) is 12.1 Å². The van der Waals surface area contributed by atoms with Crippen LogP contribution in [0.15, 0.2) is 60.9 Å². The van der Waals surface area contributed by atoms with Gasteiger partial charge in [0.05, 0.1) is 11.9 Å². The number of ether oxygens (including phenoxy) is 1. The molecule has 2 aromatic carbocycles. The zero-order chi connectivity index (χ0) is 24.3. The molecule has 0 unspecified atom stereocenters. The van der Waals surface area contributed by atoms with Crippen LogP contribution < -0.4 is 10.8 Å². The van der Waals surface area contributed by atoms with Crippen molar-refractivity contribution in [2.45, 2.75) is 25.3 Å². The summed E-state index contributed by atoms with van der Waals surface area (Å²) in [6.07, 6.45) is 2.21. The number of carboxylic acids is 1. The number of anilines is 1. The standard InChI is InChI=1S/C24H24N4O6/c1-24(2,22(31)27-34-14-21(29)30)28-12-15(11-25-28)26-23(32)33-13-20-18-9-5-3-7-16(18)17-8-4-6-10-19(17)20/h3-12,20H,13-14H2,1-2H3,(H,26,32)(H,27,31)(H,29,30). The Balaban J connectivity index is 1.37. The molecule has 1 aliphatic carbocycles. The van der Waals surface area contributed by atoms with E-state index in [0.29, 0.717) is 5.69 Å². The van der Waals surface area contributed by atoms with Crippen molar-refractivity contribution in [1.82, 2.24) is 15.3 Å². The zero-order valence-corrected chi connectivity index (χ0v) is 18.6. The maximum absolute atomic E-state index is 12.5.